The van der Waals surface area contributed by atoms with Crippen LogP contribution in [0.1, 0.15) is 26.7 Å². The van der Waals surface area contributed by atoms with Gasteiger partial charge in [-0.3, -0.25) is 14.6 Å². The first-order valence-electron chi connectivity index (χ1n) is 7.73. The van der Waals surface area contributed by atoms with Gasteiger partial charge in [-0.05, 0) is 19.8 Å². The van der Waals surface area contributed by atoms with Crippen LogP contribution >= 0.6 is 24.0 Å². The van der Waals surface area contributed by atoms with Crippen LogP contribution in [0.25, 0.3) is 0 Å². The molecule has 0 bridgehead atoms. The lowest BCUT2D eigenvalue weighted by molar-refractivity contribution is -0.149. The number of rotatable bonds is 5. The van der Waals surface area contributed by atoms with Crippen LogP contribution in [-0.4, -0.2) is 63.2 Å². The van der Waals surface area contributed by atoms with Gasteiger partial charge in [0.2, 0.25) is 0 Å². The molecule has 1 aliphatic heterocycles. The molecule has 0 saturated carbocycles. The summed E-state index contributed by atoms with van der Waals surface area (Å²) in [6.07, 6.45) is 1.75. The van der Waals surface area contributed by atoms with E-state index in [1.165, 1.54) is 7.11 Å². The van der Waals surface area contributed by atoms with E-state index >= 15 is 0 Å². The highest BCUT2D eigenvalue weighted by atomic mass is 127. The number of carbonyl (C=O) groups is 2. The molecule has 1 aliphatic rings. The maximum Gasteiger partial charge on any atom is 0.310 e. The molecule has 2 unspecified atom stereocenters. The first kappa shape index (κ1) is 21.9. The van der Waals surface area contributed by atoms with Gasteiger partial charge < -0.3 is 19.7 Å². The van der Waals surface area contributed by atoms with E-state index < -0.39 is 0 Å². The van der Waals surface area contributed by atoms with Crippen molar-refractivity contribution in [3.63, 3.8) is 0 Å². The molecular formula is C15H28IN3O4. The van der Waals surface area contributed by atoms with Gasteiger partial charge in [-0.2, -0.15) is 0 Å². The summed E-state index contributed by atoms with van der Waals surface area (Å²) in [5.41, 5.74) is 0. The standard InChI is InChI=1S/C15H27N3O4.HI/c1-5-22-14(20)12-7-6-8-18(10-12)15(16-3)17-9-11(2)13(19)21-4;/h11-12H,5-10H2,1-4H3,(H,16,17);1H. The summed E-state index contributed by atoms with van der Waals surface area (Å²) in [5.74, 6) is -0.0843. The zero-order chi connectivity index (χ0) is 16.5. The SMILES string of the molecule is CCOC(=O)C1CCCN(C(=NC)NCC(C)C(=O)OC)C1.I. The summed E-state index contributed by atoms with van der Waals surface area (Å²) < 4.78 is 9.81. The van der Waals surface area contributed by atoms with E-state index in [2.05, 4.69) is 10.3 Å². The minimum absolute atomic E-state index is 0. The van der Waals surface area contributed by atoms with E-state index in [9.17, 15) is 9.59 Å². The third-order valence-electron chi connectivity index (χ3n) is 3.72. The Bertz CT molecular complexity index is 418. The van der Waals surface area contributed by atoms with E-state index in [1.54, 1.807) is 14.0 Å². The molecule has 23 heavy (non-hydrogen) atoms. The second kappa shape index (κ2) is 11.5. The van der Waals surface area contributed by atoms with E-state index in [0.29, 0.717) is 25.7 Å². The molecule has 0 amide bonds. The molecule has 0 aliphatic carbocycles. The largest absolute Gasteiger partial charge is 0.469 e. The zero-order valence-electron chi connectivity index (χ0n) is 14.3. The van der Waals surface area contributed by atoms with Crippen molar-refractivity contribution in [2.45, 2.75) is 26.7 Å². The van der Waals surface area contributed by atoms with Crippen LogP contribution in [0.3, 0.4) is 0 Å². The van der Waals surface area contributed by atoms with Crippen molar-refractivity contribution >= 4 is 41.9 Å². The van der Waals surface area contributed by atoms with Crippen LogP contribution in [-0.2, 0) is 19.1 Å². The van der Waals surface area contributed by atoms with Gasteiger partial charge in [-0.1, -0.05) is 6.92 Å². The summed E-state index contributed by atoms with van der Waals surface area (Å²) in [6.45, 7) is 5.88. The molecule has 0 aromatic heterocycles. The van der Waals surface area contributed by atoms with E-state index in [0.717, 1.165) is 19.4 Å². The molecule has 1 rings (SSSR count). The molecule has 1 saturated heterocycles. The molecule has 134 valence electrons. The summed E-state index contributed by atoms with van der Waals surface area (Å²) >= 11 is 0. The molecule has 8 heteroatoms. The number of hydrogen-bond donors (Lipinski definition) is 1. The van der Waals surface area contributed by atoms with E-state index in [-0.39, 0.29) is 47.8 Å². The Morgan fingerprint density at radius 2 is 2.13 bits per heavy atom. The summed E-state index contributed by atoms with van der Waals surface area (Å²) in [4.78, 5) is 29.6. The van der Waals surface area contributed by atoms with Crippen molar-refractivity contribution in [1.82, 2.24) is 10.2 Å². The maximum absolute atomic E-state index is 11.9. The zero-order valence-corrected chi connectivity index (χ0v) is 16.7. The highest BCUT2D eigenvalue weighted by Gasteiger charge is 2.28. The third kappa shape index (κ3) is 6.92. The minimum Gasteiger partial charge on any atom is -0.469 e. The Hall–Kier alpha value is -1.06. The summed E-state index contributed by atoms with van der Waals surface area (Å²) in [6, 6.07) is 0. The van der Waals surface area contributed by atoms with Crippen LogP contribution in [0.15, 0.2) is 4.99 Å². The second-order valence-corrected chi connectivity index (χ2v) is 5.39. The fraction of sp³-hybridized carbons (Fsp3) is 0.800. The second-order valence-electron chi connectivity index (χ2n) is 5.39. The molecule has 0 aromatic carbocycles. The lowest BCUT2D eigenvalue weighted by Crippen LogP contribution is -2.49. The smallest absolute Gasteiger partial charge is 0.310 e. The van der Waals surface area contributed by atoms with Gasteiger partial charge in [-0.15, -0.1) is 24.0 Å². The summed E-state index contributed by atoms with van der Waals surface area (Å²) in [5, 5.41) is 3.17. The molecule has 1 N–H and O–H groups in total. The quantitative estimate of drug-likeness (QED) is 0.300. The minimum atomic E-state index is -0.258. The van der Waals surface area contributed by atoms with Crippen molar-refractivity contribution in [1.29, 1.82) is 0 Å². The fourth-order valence-electron chi connectivity index (χ4n) is 2.48. The topological polar surface area (TPSA) is 80.2 Å². The average molecular weight is 441 g/mol. The summed E-state index contributed by atoms with van der Waals surface area (Å²) in [7, 11) is 3.07. The third-order valence-corrected chi connectivity index (χ3v) is 3.72. The van der Waals surface area contributed by atoms with Gasteiger partial charge in [0.25, 0.3) is 0 Å². The van der Waals surface area contributed by atoms with Crippen LogP contribution in [0.5, 0.6) is 0 Å². The number of carbonyl (C=O) groups excluding carboxylic acids is 2. The highest BCUT2D eigenvalue weighted by molar-refractivity contribution is 14.0. The number of nitrogens with zero attached hydrogens (tertiary/aromatic N) is 2. The number of piperidine rings is 1. The van der Waals surface area contributed by atoms with E-state index in [1.807, 2.05) is 11.8 Å². The van der Waals surface area contributed by atoms with Gasteiger partial charge in [0.1, 0.15) is 0 Å². The number of aliphatic imine (C=N–C) groups is 1. The number of esters is 2. The Morgan fingerprint density at radius 3 is 2.70 bits per heavy atom. The highest BCUT2D eigenvalue weighted by Crippen LogP contribution is 2.18. The van der Waals surface area contributed by atoms with Crippen LogP contribution in [0, 0.1) is 11.8 Å². The van der Waals surface area contributed by atoms with Crippen LogP contribution < -0.4 is 5.32 Å². The van der Waals surface area contributed by atoms with Gasteiger partial charge in [-0.25, -0.2) is 0 Å². The van der Waals surface area contributed by atoms with Crippen molar-refractivity contribution in [3.05, 3.63) is 0 Å². The average Bonchev–Trinajstić information content (AvgIpc) is 2.55. The van der Waals surface area contributed by atoms with Crippen molar-refractivity contribution < 1.29 is 19.1 Å². The number of likely N-dealkylation sites (tertiary alicyclic amines) is 1. The van der Waals surface area contributed by atoms with Crippen LogP contribution in [0.4, 0.5) is 0 Å². The first-order chi connectivity index (χ1) is 10.5. The Morgan fingerprint density at radius 1 is 1.43 bits per heavy atom. The van der Waals surface area contributed by atoms with Crippen molar-refractivity contribution in [3.8, 4) is 0 Å². The maximum atomic E-state index is 11.9. The van der Waals surface area contributed by atoms with Gasteiger partial charge in [0.05, 0.1) is 25.6 Å². The predicted octanol–water partition coefficient (Wildman–Crippen LogP) is 1.26. The number of guanidine groups is 1. The normalized spacial score (nSPS) is 19.4. The fourth-order valence-corrected chi connectivity index (χ4v) is 2.48. The molecule has 0 spiro atoms. The van der Waals surface area contributed by atoms with Crippen molar-refractivity contribution in [2.75, 3.05) is 40.4 Å². The molecule has 0 aromatic rings. The van der Waals surface area contributed by atoms with Crippen molar-refractivity contribution in [2.24, 2.45) is 16.8 Å². The number of hydrogen-bond acceptors (Lipinski definition) is 5. The number of ether oxygens (including phenoxy) is 2. The molecule has 1 fully saturated rings. The molecule has 0 radical (unpaired) electrons. The Labute approximate surface area is 155 Å². The molecule has 7 nitrogen and oxygen atoms in total. The first-order valence-corrected chi connectivity index (χ1v) is 7.73. The molecule has 1 heterocycles. The predicted molar refractivity (Wildman–Crippen MR) is 98.9 cm³/mol. The van der Waals surface area contributed by atoms with Crippen LogP contribution in [0.2, 0.25) is 0 Å². The lowest BCUT2D eigenvalue weighted by Gasteiger charge is -2.34. The van der Waals surface area contributed by atoms with Gasteiger partial charge in [0.15, 0.2) is 5.96 Å². The monoisotopic (exact) mass is 441 g/mol. The number of methoxy groups -OCH3 is 1. The number of halogens is 1. The Kier molecular flexibility index (Phi) is 10.9. The van der Waals surface area contributed by atoms with Gasteiger partial charge >= 0.3 is 11.9 Å². The van der Waals surface area contributed by atoms with Gasteiger partial charge in [0, 0.05) is 26.7 Å². The Balaban J connectivity index is 0.00000484. The van der Waals surface area contributed by atoms with E-state index in [4.69, 9.17) is 9.47 Å². The number of nitrogens with one attached hydrogen (secondary N) is 1. The molecular weight excluding hydrogens is 413 g/mol. The lowest BCUT2D eigenvalue weighted by atomic mass is 9.98. The molecule has 2 atom stereocenters.